The van der Waals surface area contributed by atoms with Gasteiger partial charge in [-0.2, -0.15) is 0 Å². The normalized spacial score (nSPS) is 29.5. The van der Waals surface area contributed by atoms with Crippen molar-refractivity contribution in [1.29, 1.82) is 0 Å². The van der Waals surface area contributed by atoms with Crippen molar-refractivity contribution >= 4 is 28.7 Å². The summed E-state index contributed by atoms with van der Waals surface area (Å²) in [6.45, 7) is 3.92. The number of hydrogen-bond acceptors (Lipinski definition) is 2. The number of alkyl halides is 1. The molecule has 58 valence electrons. The van der Waals surface area contributed by atoms with E-state index in [-0.39, 0.29) is 17.7 Å². The van der Waals surface area contributed by atoms with Crippen molar-refractivity contribution in [2.75, 3.05) is 4.43 Å². The van der Waals surface area contributed by atoms with Crippen LogP contribution in [0.25, 0.3) is 0 Å². The predicted octanol–water partition coefficient (Wildman–Crippen LogP) is 1.31. The molecule has 10 heavy (non-hydrogen) atoms. The number of alkyl carbamates (subject to hydrolysis) is 1. The molecular weight excluding hydrogens is 245 g/mol. The molecule has 1 rings (SSSR count). The van der Waals surface area contributed by atoms with Crippen LogP contribution in [0.3, 0.4) is 0 Å². The molecule has 0 aliphatic carbocycles. The van der Waals surface area contributed by atoms with Crippen molar-refractivity contribution in [3.8, 4) is 0 Å². The Kier molecular flexibility index (Phi) is 2.07. The Morgan fingerprint density at radius 3 is 2.60 bits per heavy atom. The Morgan fingerprint density at radius 1 is 1.80 bits per heavy atom. The number of halogens is 1. The Balaban J connectivity index is 2.67. The van der Waals surface area contributed by atoms with Crippen molar-refractivity contribution in [3.63, 3.8) is 0 Å². The Morgan fingerprint density at radius 2 is 2.40 bits per heavy atom. The van der Waals surface area contributed by atoms with Gasteiger partial charge in [0.05, 0.1) is 5.54 Å². The Bertz CT molecular complexity index is 158. The standard InChI is InChI=1S/C6H10INO2/c1-6(2)4(3-7)10-5(9)8-6/h4H,3H2,1-2H3,(H,8,9)/t4-/m1/s1. The molecule has 3 nitrogen and oxygen atoms in total. The van der Waals surface area contributed by atoms with E-state index in [1.165, 1.54) is 0 Å². The molecule has 0 aromatic heterocycles. The highest BCUT2D eigenvalue weighted by Gasteiger charge is 2.39. The van der Waals surface area contributed by atoms with E-state index in [4.69, 9.17) is 4.74 Å². The first kappa shape index (κ1) is 8.10. The zero-order chi connectivity index (χ0) is 7.78. The maximum atomic E-state index is 10.7. The van der Waals surface area contributed by atoms with Gasteiger partial charge < -0.3 is 10.1 Å². The van der Waals surface area contributed by atoms with E-state index in [1.807, 2.05) is 13.8 Å². The number of rotatable bonds is 1. The molecule has 1 heterocycles. The summed E-state index contributed by atoms with van der Waals surface area (Å²) in [4.78, 5) is 10.7. The molecule has 0 bridgehead atoms. The minimum Gasteiger partial charge on any atom is -0.443 e. The van der Waals surface area contributed by atoms with Gasteiger partial charge in [0.15, 0.2) is 0 Å². The van der Waals surface area contributed by atoms with Crippen molar-refractivity contribution in [2.45, 2.75) is 25.5 Å². The monoisotopic (exact) mass is 255 g/mol. The van der Waals surface area contributed by atoms with Crippen LogP contribution in [-0.4, -0.2) is 22.2 Å². The van der Waals surface area contributed by atoms with E-state index in [2.05, 4.69) is 27.9 Å². The highest BCUT2D eigenvalue weighted by atomic mass is 127. The quantitative estimate of drug-likeness (QED) is 0.566. The molecule has 1 N–H and O–H groups in total. The smallest absolute Gasteiger partial charge is 0.408 e. The molecule has 0 saturated carbocycles. The number of hydrogen-bond donors (Lipinski definition) is 1. The number of amides is 1. The van der Waals surface area contributed by atoms with Gasteiger partial charge in [-0.1, -0.05) is 22.6 Å². The number of cyclic esters (lactones) is 1. The fraction of sp³-hybridized carbons (Fsp3) is 0.833. The van der Waals surface area contributed by atoms with E-state index in [9.17, 15) is 4.79 Å². The largest absolute Gasteiger partial charge is 0.443 e. The summed E-state index contributed by atoms with van der Waals surface area (Å²) in [5.74, 6) is 0. The minimum atomic E-state index is -0.299. The van der Waals surface area contributed by atoms with E-state index in [0.29, 0.717) is 0 Å². The van der Waals surface area contributed by atoms with Crippen molar-refractivity contribution in [1.82, 2.24) is 5.32 Å². The van der Waals surface area contributed by atoms with Crippen LogP contribution < -0.4 is 5.32 Å². The lowest BCUT2D eigenvalue weighted by Crippen LogP contribution is -2.42. The van der Waals surface area contributed by atoms with Crippen molar-refractivity contribution in [2.24, 2.45) is 0 Å². The molecule has 1 fully saturated rings. The van der Waals surface area contributed by atoms with Gasteiger partial charge in [0.1, 0.15) is 6.10 Å². The number of carbonyl (C=O) groups is 1. The van der Waals surface area contributed by atoms with Gasteiger partial charge in [-0.15, -0.1) is 0 Å². The molecule has 0 aromatic rings. The van der Waals surface area contributed by atoms with Crippen LogP contribution in [-0.2, 0) is 4.74 Å². The zero-order valence-corrected chi connectivity index (χ0v) is 8.14. The lowest BCUT2D eigenvalue weighted by Gasteiger charge is -2.20. The molecule has 4 heteroatoms. The first-order chi connectivity index (χ1) is 4.56. The maximum absolute atomic E-state index is 10.7. The van der Waals surface area contributed by atoms with Crippen molar-refractivity contribution in [3.05, 3.63) is 0 Å². The topological polar surface area (TPSA) is 38.3 Å². The molecular formula is C6H10INO2. The van der Waals surface area contributed by atoms with Crippen LogP contribution in [0.5, 0.6) is 0 Å². The van der Waals surface area contributed by atoms with Gasteiger partial charge in [-0.3, -0.25) is 0 Å². The van der Waals surface area contributed by atoms with Gasteiger partial charge in [-0.25, -0.2) is 4.79 Å². The molecule has 0 unspecified atom stereocenters. The van der Waals surface area contributed by atoms with Gasteiger partial charge in [0, 0.05) is 4.43 Å². The molecule has 1 atom stereocenters. The highest BCUT2D eigenvalue weighted by molar-refractivity contribution is 14.1. The second-order valence-corrected chi connectivity index (χ2v) is 3.78. The van der Waals surface area contributed by atoms with Gasteiger partial charge in [0.25, 0.3) is 0 Å². The van der Waals surface area contributed by atoms with E-state index in [1.54, 1.807) is 0 Å². The number of nitrogens with one attached hydrogen (secondary N) is 1. The summed E-state index contributed by atoms with van der Waals surface area (Å²) >= 11 is 2.21. The second kappa shape index (κ2) is 2.56. The predicted molar refractivity (Wildman–Crippen MR) is 46.4 cm³/mol. The molecule has 0 aromatic carbocycles. The van der Waals surface area contributed by atoms with E-state index in [0.717, 1.165) is 4.43 Å². The van der Waals surface area contributed by atoms with E-state index < -0.39 is 0 Å². The van der Waals surface area contributed by atoms with Crippen LogP contribution in [0.2, 0.25) is 0 Å². The fourth-order valence-electron chi connectivity index (χ4n) is 0.874. The molecule has 0 radical (unpaired) electrons. The third-order valence-corrected chi connectivity index (χ3v) is 2.42. The Hall–Kier alpha value is 0. The summed E-state index contributed by atoms with van der Waals surface area (Å²) in [6, 6.07) is 0. The van der Waals surface area contributed by atoms with Gasteiger partial charge in [0.2, 0.25) is 0 Å². The molecule has 0 spiro atoms. The first-order valence-electron chi connectivity index (χ1n) is 3.11. The summed E-state index contributed by atoms with van der Waals surface area (Å²) in [5, 5.41) is 2.73. The first-order valence-corrected chi connectivity index (χ1v) is 4.63. The van der Waals surface area contributed by atoms with Crippen LogP contribution in [0.4, 0.5) is 4.79 Å². The molecule has 1 aliphatic rings. The summed E-state index contributed by atoms with van der Waals surface area (Å²) in [6.07, 6.45) is -0.285. The van der Waals surface area contributed by atoms with Crippen LogP contribution in [0.1, 0.15) is 13.8 Å². The SMILES string of the molecule is CC1(C)NC(=O)O[C@@H]1CI. The van der Waals surface area contributed by atoms with Gasteiger partial charge >= 0.3 is 6.09 Å². The maximum Gasteiger partial charge on any atom is 0.408 e. The second-order valence-electron chi connectivity index (χ2n) is 2.89. The summed E-state index contributed by atoms with van der Waals surface area (Å²) in [7, 11) is 0. The third kappa shape index (κ3) is 1.36. The van der Waals surface area contributed by atoms with Crippen LogP contribution in [0.15, 0.2) is 0 Å². The number of carbonyl (C=O) groups excluding carboxylic acids is 1. The van der Waals surface area contributed by atoms with Crippen LogP contribution >= 0.6 is 22.6 Å². The van der Waals surface area contributed by atoms with Crippen molar-refractivity contribution < 1.29 is 9.53 Å². The average molecular weight is 255 g/mol. The minimum absolute atomic E-state index is 0.0144. The zero-order valence-electron chi connectivity index (χ0n) is 5.98. The molecule has 1 aliphatic heterocycles. The summed E-state index contributed by atoms with van der Waals surface area (Å²) in [5.41, 5.74) is -0.196. The van der Waals surface area contributed by atoms with E-state index >= 15 is 0 Å². The molecule has 1 amide bonds. The number of ether oxygens (including phenoxy) is 1. The lowest BCUT2D eigenvalue weighted by atomic mass is 10.0. The Labute approximate surface area is 73.6 Å². The lowest BCUT2D eigenvalue weighted by molar-refractivity contribution is 0.133. The third-order valence-electron chi connectivity index (χ3n) is 1.62. The molecule has 1 saturated heterocycles. The summed E-state index contributed by atoms with van der Waals surface area (Å²) < 4.78 is 5.80. The van der Waals surface area contributed by atoms with Crippen LogP contribution in [0, 0.1) is 0 Å². The average Bonchev–Trinajstić information content (AvgIpc) is 2.04. The van der Waals surface area contributed by atoms with Gasteiger partial charge in [-0.05, 0) is 13.8 Å². The highest BCUT2D eigenvalue weighted by Crippen LogP contribution is 2.21. The fourth-order valence-corrected chi connectivity index (χ4v) is 2.15.